The molecule has 0 saturated carbocycles. The van der Waals surface area contributed by atoms with Crippen LogP contribution >= 0.6 is 0 Å². The summed E-state index contributed by atoms with van der Waals surface area (Å²) >= 11 is 0. The van der Waals surface area contributed by atoms with E-state index in [0.717, 1.165) is 35.2 Å². The van der Waals surface area contributed by atoms with Crippen molar-refractivity contribution in [2.45, 2.75) is 0 Å². The highest BCUT2D eigenvalue weighted by atomic mass is 16.5. The quantitative estimate of drug-likeness (QED) is 0.583. The number of hydrogen-bond donors (Lipinski definition) is 1. The Morgan fingerprint density at radius 2 is 1.50 bits per heavy atom. The highest BCUT2D eigenvalue weighted by molar-refractivity contribution is 6.19. The molecule has 105 valence electrons. The first kappa shape index (κ1) is 13.0. The van der Waals surface area contributed by atoms with Crippen molar-refractivity contribution in [3.8, 4) is 11.4 Å². The van der Waals surface area contributed by atoms with E-state index in [1.165, 1.54) is 0 Å². The number of para-hydroxylation sites is 3. The number of hydrogen-bond acceptors (Lipinski definition) is 2. The van der Waals surface area contributed by atoms with Gasteiger partial charge in [0.1, 0.15) is 5.75 Å². The van der Waals surface area contributed by atoms with E-state index in [9.17, 15) is 0 Å². The summed E-state index contributed by atoms with van der Waals surface area (Å²) in [7, 11) is 0.724. The Labute approximate surface area is 128 Å². The molecule has 0 amide bonds. The Balaban J connectivity index is 2.19. The van der Waals surface area contributed by atoms with Crippen LogP contribution in [0.1, 0.15) is 0 Å². The zero-order valence-electron chi connectivity index (χ0n) is 11.8. The summed E-state index contributed by atoms with van der Waals surface area (Å²) in [5.41, 5.74) is 3.11. The van der Waals surface area contributed by atoms with Crippen molar-refractivity contribution in [2.75, 3.05) is 0 Å². The van der Waals surface area contributed by atoms with Crippen molar-refractivity contribution >= 4 is 29.5 Å². The lowest BCUT2D eigenvalue weighted by Crippen LogP contribution is -2.02. The van der Waals surface area contributed by atoms with Crippen LogP contribution in [0.5, 0.6) is 5.75 Å². The van der Waals surface area contributed by atoms with E-state index in [1.54, 1.807) is 0 Å². The predicted octanol–water partition coefficient (Wildman–Crippen LogP) is 3.69. The molecule has 0 saturated heterocycles. The molecule has 3 aromatic carbocycles. The first-order chi connectivity index (χ1) is 10.9. The molecular weight excluding hydrogens is 273 g/mol. The Morgan fingerprint density at radius 3 is 2.32 bits per heavy atom. The molecule has 4 heteroatoms. The van der Waals surface area contributed by atoms with E-state index in [0.29, 0.717) is 5.75 Å². The molecule has 0 unspecified atom stereocenters. The monoisotopic (exact) mass is 286 g/mol. The topological polar surface area (TPSA) is 34.4 Å². The minimum atomic E-state index is 0.625. The second kappa shape index (κ2) is 5.24. The first-order valence-corrected chi connectivity index (χ1v) is 7.10. The van der Waals surface area contributed by atoms with Crippen molar-refractivity contribution in [3.05, 3.63) is 72.8 Å². The smallest absolute Gasteiger partial charge is 0.536 e. The number of rotatable bonds is 3. The third kappa shape index (κ3) is 1.89. The fourth-order valence-corrected chi connectivity index (χ4v) is 2.98. The van der Waals surface area contributed by atoms with E-state index in [4.69, 9.17) is 9.68 Å². The van der Waals surface area contributed by atoms with Gasteiger partial charge in [0.05, 0.1) is 11.0 Å². The van der Waals surface area contributed by atoms with Gasteiger partial charge in [-0.2, -0.15) is 0 Å². The first-order valence-electron chi connectivity index (χ1n) is 7.10. The van der Waals surface area contributed by atoms with Crippen LogP contribution < -0.4 is 4.65 Å². The van der Waals surface area contributed by atoms with Gasteiger partial charge in [0, 0.05) is 16.5 Å². The molecule has 0 bridgehead atoms. The Hall–Kier alpha value is -2.72. The molecule has 0 spiro atoms. The maximum atomic E-state index is 9.06. The lowest BCUT2D eigenvalue weighted by atomic mass is 10.1. The van der Waals surface area contributed by atoms with E-state index >= 15 is 0 Å². The Kier molecular flexibility index (Phi) is 3.09. The second-order valence-electron chi connectivity index (χ2n) is 5.06. The number of aromatic nitrogens is 1. The van der Waals surface area contributed by atoms with E-state index < -0.39 is 0 Å². The third-order valence-corrected chi connectivity index (χ3v) is 3.85. The van der Waals surface area contributed by atoms with Crippen molar-refractivity contribution in [1.29, 1.82) is 0 Å². The van der Waals surface area contributed by atoms with Crippen LogP contribution in [0.3, 0.4) is 0 Å². The van der Waals surface area contributed by atoms with Gasteiger partial charge in [-0.15, -0.1) is 0 Å². The summed E-state index contributed by atoms with van der Waals surface area (Å²) in [5, 5.41) is 11.3. The van der Waals surface area contributed by atoms with Gasteiger partial charge in [-0.05, 0) is 24.3 Å². The SMILES string of the molecule is O[B]Oc1cccc2c3ccccc3n(-c3ccccc3)c12. The number of nitrogens with zero attached hydrogens (tertiary/aromatic N) is 1. The molecule has 1 aromatic heterocycles. The van der Waals surface area contributed by atoms with Gasteiger partial charge in [-0.1, -0.05) is 48.5 Å². The second-order valence-corrected chi connectivity index (χ2v) is 5.06. The van der Waals surface area contributed by atoms with Crippen LogP contribution in [-0.4, -0.2) is 17.3 Å². The lowest BCUT2D eigenvalue weighted by molar-refractivity contribution is 0.456. The van der Waals surface area contributed by atoms with Gasteiger partial charge in [0.25, 0.3) is 0 Å². The van der Waals surface area contributed by atoms with Crippen LogP contribution in [0.4, 0.5) is 0 Å². The fraction of sp³-hybridized carbons (Fsp3) is 0. The molecule has 22 heavy (non-hydrogen) atoms. The van der Waals surface area contributed by atoms with Crippen LogP contribution in [-0.2, 0) is 0 Å². The predicted molar refractivity (Wildman–Crippen MR) is 89.4 cm³/mol. The van der Waals surface area contributed by atoms with Crippen molar-refractivity contribution in [3.63, 3.8) is 0 Å². The summed E-state index contributed by atoms with van der Waals surface area (Å²) in [4.78, 5) is 0. The molecule has 4 aromatic rings. The molecule has 1 heterocycles. The summed E-state index contributed by atoms with van der Waals surface area (Å²) < 4.78 is 7.48. The average molecular weight is 286 g/mol. The van der Waals surface area contributed by atoms with Gasteiger partial charge >= 0.3 is 7.69 Å². The van der Waals surface area contributed by atoms with Crippen molar-refractivity contribution in [1.82, 2.24) is 4.57 Å². The molecular formula is C18H13BNO2. The molecule has 0 aliphatic carbocycles. The van der Waals surface area contributed by atoms with Gasteiger partial charge in [-0.3, -0.25) is 0 Å². The summed E-state index contributed by atoms with van der Waals surface area (Å²) in [6.07, 6.45) is 0. The average Bonchev–Trinajstić information content (AvgIpc) is 2.92. The zero-order valence-corrected chi connectivity index (χ0v) is 11.8. The van der Waals surface area contributed by atoms with Crippen LogP contribution in [0, 0.1) is 0 Å². The third-order valence-electron chi connectivity index (χ3n) is 3.85. The minimum Gasteiger partial charge on any atom is -0.536 e. The minimum absolute atomic E-state index is 0.625. The largest absolute Gasteiger partial charge is 0.569 e. The van der Waals surface area contributed by atoms with E-state index in [1.807, 2.05) is 42.5 Å². The van der Waals surface area contributed by atoms with Crippen molar-refractivity contribution in [2.24, 2.45) is 0 Å². The summed E-state index contributed by atoms with van der Waals surface area (Å²) in [5.74, 6) is 0.625. The van der Waals surface area contributed by atoms with Gasteiger partial charge < -0.3 is 14.2 Å². The van der Waals surface area contributed by atoms with Crippen LogP contribution in [0.25, 0.3) is 27.5 Å². The molecule has 0 fully saturated rings. The zero-order chi connectivity index (χ0) is 14.9. The van der Waals surface area contributed by atoms with Gasteiger partial charge in [0.2, 0.25) is 0 Å². The van der Waals surface area contributed by atoms with E-state index in [-0.39, 0.29) is 0 Å². The number of fused-ring (bicyclic) bond motifs is 3. The Morgan fingerprint density at radius 1 is 0.773 bits per heavy atom. The molecule has 0 aliphatic rings. The lowest BCUT2D eigenvalue weighted by Gasteiger charge is -2.10. The van der Waals surface area contributed by atoms with Crippen LogP contribution in [0.15, 0.2) is 72.8 Å². The highest BCUT2D eigenvalue weighted by Gasteiger charge is 2.15. The molecule has 3 nitrogen and oxygen atoms in total. The molecule has 1 N–H and O–H groups in total. The number of benzene rings is 3. The summed E-state index contributed by atoms with van der Waals surface area (Å²) in [6, 6.07) is 24.3. The molecule has 4 rings (SSSR count). The van der Waals surface area contributed by atoms with Gasteiger partial charge in [-0.25, -0.2) is 0 Å². The maximum Gasteiger partial charge on any atom is 0.569 e. The van der Waals surface area contributed by atoms with E-state index in [2.05, 4.69) is 34.9 Å². The van der Waals surface area contributed by atoms with Crippen LogP contribution in [0.2, 0.25) is 0 Å². The molecule has 0 atom stereocenters. The molecule has 0 aliphatic heterocycles. The normalized spacial score (nSPS) is 11.0. The standard InChI is InChI=1S/C18H13BNO2/c21-19-22-17-12-6-10-15-14-9-4-5-11-16(14)20(18(15)17)13-7-2-1-3-8-13/h1-12,21H. The van der Waals surface area contributed by atoms with Gasteiger partial charge in [0.15, 0.2) is 0 Å². The van der Waals surface area contributed by atoms with Crippen molar-refractivity contribution < 1.29 is 9.68 Å². The molecule has 1 radical (unpaired) electrons. The fourth-order valence-electron chi connectivity index (χ4n) is 2.98. The highest BCUT2D eigenvalue weighted by Crippen LogP contribution is 2.36. The summed E-state index contributed by atoms with van der Waals surface area (Å²) in [6.45, 7) is 0. The Bertz CT molecular complexity index is 947. The maximum absolute atomic E-state index is 9.06.